The Morgan fingerprint density at radius 2 is 2.33 bits per heavy atom. The lowest BCUT2D eigenvalue weighted by Gasteiger charge is -2.37. The summed E-state index contributed by atoms with van der Waals surface area (Å²) in [5, 5.41) is 12.5. The van der Waals surface area contributed by atoms with E-state index in [0.717, 1.165) is 15.7 Å². The fourth-order valence-electron chi connectivity index (χ4n) is 2.43. The van der Waals surface area contributed by atoms with E-state index in [9.17, 15) is 9.90 Å². The number of halogens is 1. The molecule has 1 aromatic carbocycles. The van der Waals surface area contributed by atoms with Gasteiger partial charge in [-0.05, 0) is 26.0 Å². The maximum atomic E-state index is 12.4. The monoisotopic (exact) mass is 356 g/mol. The third-order valence-corrected chi connectivity index (χ3v) is 3.88. The molecule has 2 N–H and O–H groups in total. The van der Waals surface area contributed by atoms with Crippen molar-refractivity contribution >= 4 is 27.5 Å². The lowest BCUT2D eigenvalue weighted by molar-refractivity contribution is -0.125. The second-order valence-corrected chi connectivity index (χ2v) is 6.29. The molecule has 0 spiro atoms. The number of anilines is 1. The molecule has 0 radical (unpaired) electrons. The number of amides is 1. The number of rotatable bonds is 4. The predicted molar refractivity (Wildman–Crippen MR) is 85.3 cm³/mol. The summed E-state index contributed by atoms with van der Waals surface area (Å²) in [6.07, 6.45) is 0. The Labute approximate surface area is 133 Å². The number of carbonyl (C=O) groups is 1. The van der Waals surface area contributed by atoms with E-state index in [1.54, 1.807) is 0 Å². The lowest BCUT2D eigenvalue weighted by atomic mass is 10.1. The third-order valence-electron chi connectivity index (χ3n) is 3.39. The first kappa shape index (κ1) is 16.3. The molecule has 5 nitrogen and oxygen atoms in total. The van der Waals surface area contributed by atoms with E-state index in [1.807, 2.05) is 36.9 Å². The number of morpholine rings is 1. The smallest absolute Gasteiger partial charge is 0.245 e. The van der Waals surface area contributed by atoms with Gasteiger partial charge >= 0.3 is 0 Å². The van der Waals surface area contributed by atoms with Gasteiger partial charge in [0.1, 0.15) is 6.04 Å². The Morgan fingerprint density at radius 3 is 3.00 bits per heavy atom. The van der Waals surface area contributed by atoms with Crippen LogP contribution < -0.4 is 10.2 Å². The molecule has 1 amide bonds. The number of nitrogens with zero attached hydrogens (tertiary/aromatic N) is 1. The van der Waals surface area contributed by atoms with Gasteiger partial charge in [0.15, 0.2) is 0 Å². The largest absolute Gasteiger partial charge is 0.392 e. The summed E-state index contributed by atoms with van der Waals surface area (Å²) in [7, 11) is 0. The summed E-state index contributed by atoms with van der Waals surface area (Å²) >= 11 is 3.45. The molecule has 0 aromatic heterocycles. The second kappa shape index (κ2) is 7.24. The maximum Gasteiger partial charge on any atom is 0.245 e. The van der Waals surface area contributed by atoms with Gasteiger partial charge in [0, 0.05) is 28.3 Å². The van der Waals surface area contributed by atoms with E-state index in [2.05, 4.69) is 21.2 Å². The van der Waals surface area contributed by atoms with Gasteiger partial charge in [-0.3, -0.25) is 4.79 Å². The molecule has 1 aromatic rings. The zero-order valence-electron chi connectivity index (χ0n) is 12.3. The van der Waals surface area contributed by atoms with Gasteiger partial charge in [0.25, 0.3) is 0 Å². The number of aliphatic hydroxyl groups is 1. The Hall–Kier alpha value is -1.11. The van der Waals surface area contributed by atoms with Crippen LogP contribution in [0.1, 0.15) is 19.4 Å². The molecule has 0 bridgehead atoms. The van der Waals surface area contributed by atoms with Crippen molar-refractivity contribution in [3.05, 3.63) is 28.2 Å². The van der Waals surface area contributed by atoms with Crippen LogP contribution in [-0.2, 0) is 16.1 Å². The van der Waals surface area contributed by atoms with Crippen molar-refractivity contribution in [2.24, 2.45) is 0 Å². The topological polar surface area (TPSA) is 61.8 Å². The molecule has 1 saturated heterocycles. The summed E-state index contributed by atoms with van der Waals surface area (Å²) in [6.45, 7) is 5.37. The molecule has 21 heavy (non-hydrogen) atoms. The van der Waals surface area contributed by atoms with Gasteiger partial charge in [-0.15, -0.1) is 0 Å². The van der Waals surface area contributed by atoms with Crippen LogP contribution >= 0.6 is 15.9 Å². The van der Waals surface area contributed by atoms with Crippen LogP contribution in [0.2, 0.25) is 0 Å². The fraction of sp³-hybridized carbons (Fsp3) is 0.533. The van der Waals surface area contributed by atoms with E-state index in [4.69, 9.17) is 4.74 Å². The second-order valence-electron chi connectivity index (χ2n) is 5.38. The normalized spacial score (nSPS) is 18.9. The summed E-state index contributed by atoms with van der Waals surface area (Å²) in [5.41, 5.74) is 1.68. The zero-order valence-corrected chi connectivity index (χ0v) is 13.9. The van der Waals surface area contributed by atoms with E-state index >= 15 is 0 Å². The van der Waals surface area contributed by atoms with Crippen LogP contribution in [0.3, 0.4) is 0 Å². The molecule has 1 heterocycles. The number of ether oxygens (including phenoxy) is 1. The first-order chi connectivity index (χ1) is 10.0. The summed E-state index contributed by atoms with van der Waals surface area (Å²) in [6, 6.07) is 5.40. The first-order valence-corrected chi connectivity index (χ1v) is 7.86. The van der Waals surface area contributed by atoms with Gasteiger partial charge in [-0.1, -0.05) is 22.0 Å². The maximum absolute atomic E-state index is 12.4. The van der Waals surface area contributed by atoms with Gasteiger partial charge in [-0.2, -0.15) is 0 Å². The van der Waals surface area contributed by atoms with E-state index in [0.29, 0.717) is 19.8 Å². The van der Waals surface area contributed by atoms with Crippen molar-refractivity contribution in [3.63, 3.8) is 0 Å². The lowest BCUT2D eigenvalue weighted by Crippen LogP contribution is -2.55. The van der Waals surface area contributed by atoms with Crippen LogP contribution in [0.25, 0.3) is 0 Å². The molecular formula is C15H21BrN2O3. The quantitative estimate of drug-likeness (QED) is 0.861. The first-order valence-electron chi connectivity index (χ1n) is 7.07. The molecular weight excluding hydrogens is 336 g/mol. The molecule has 6 heteroatoms. The van der Waals surface area contributed by atoms with E-state index in [-0.39, 0.29) is 24.6 Å². The highest BCUT2D eigenvalue weighted by molar-refractivity contribution is 9.10. The van der Waals surface area contributed by atoms with Crippen LogP contribution in [0.15, 0.2) is 22.7 Å². The molecule has 0 saturated carbocycles. The highest BCUT2D eigenvalue weighted by Gasteiger charge is 2.31. The summed E-state index contributed by atoms with van der Waals surface area (Å²) in [5.74, 6) is -0.0476. The van der Waals surface area contributed by atoms with Gasteiger partial charge in [0.05, 0.1) is 19.8 Å². The molecule has 1 aliphatic heterocycles. The highest BCUT2D eigenvalue weighted by atomic mass is 79.9. The van der Waals surface area contributed by atoms with Crippen molar-refractivity contribution < 1.29 is 14.6 Å². The van der Waals surface area contributed by atoms with Crippen molar-refractivity contribution in [2.45, 2.75) is 32.5 Å². The van der Waals surface area contributed by atoms with Gasteiger partial charge < -0.3 is 20.1 Å². The Bertz CT molecular complexity index is 508. The minimum Gasteiger partial charge on any atom is -0.392 e. The Morgan fingerprint density at radius 1 is 1.57 bits per heavy atom. The van der Waals surface area contributed by atoms with Crippen molar-refractivity contribution in [1.82, 2.24) is 5.32 Å². The molecule has 116 valence electrons. The molecule has 1 fully saturated rings. The minimum absolute atomic E-state index is 0.0476. The van der Waals surface area contributed by atoms with Crippen LogP contribution in [0, 0.1) is 0 Å². The minimum atomic E-state index is -0.374. The standard InChI is InChI=1S/C15H21BrN2O3/c1-10(2)17-15(20)14-9-21-6-5-18(14)13-7-12(16)4-3-11(13)8-19/h3-4,7,10,14,19H,5-6,8-9H2,1-2H3,(H,17,20). The summed E-state index contributed by atoms with van der Waals surface area (Å²) < 4.78 is 6.38. The van der Waals surface area contributed by atoms with E-state index in [1.165, 1.54) is 0 Å². The van der Waals surface area contributed by atoms with Gasteiger partial charge in [0.2, 0.25) is 5.91 Å². The van der Waals surface area contributed by atoms with E-state index < -0.39 is 0 Å². The van der Waals surface area contributed by atoms with Gasteiger partial charge in [-0.25, -0.2) is 0 Å². The molecule has 1 unspecified atom stereocenters. The molecule has 0 aliphatic carbocycles. The highest BCUT2D eigenvalue weighted by Crippen LogP contribution is 2.28. The molecule has 1 aliphatic rings. The number of carbonyl (C=O) groups excluding carboxylic acids is 1. The SMILES string of the molecule is CC(C)NC(=O)C1COCCN1c1cc(Br)ccc1CO. The molecule has 1 atom stereocenters. The van der Waals surface area contributed by atoms with Crippen LogP contribution in [-0.4, -0.2) is 42.9 Å². The average Bonchev–Trinajstić information content (AvgIpc) is 2.46. The fourth-order valence-corrected chi connectivity index (χ4v) is 2.78. The summed E-state index contributed by atoms with van der Waals surface area (Å²) in [4.78, 5) is 14.4. The van der Waals surface area contributed by atoms with Crippen molar-refractivity contribution in [3.8, 4) is 0 Å². The number of benzene rings is 1. The number of hydrogen-bond donors (Lipinski definition) is 2. The number of hydrogen-bond acceptors (Lipinski definition) is 4. The Balaban J connectivity index is 2.30. The molecule has 2 rings (SSSR count). The van der Waals surface area contributed by atoms with Crippen molar-refractivity contribution in [1.29, 1.82) is 0 Å². The number of nitrogens with one attached hydrogen (secondary N) is 1. The van der Waals surface area contributed by atoms with Crippen molar-refractivity contribution in [2.75, 3.05) is 24.7 Å². The van der Waals surface area contributed by atoms with Crippen LogP contribution in [0.5, 0.6) is 0 Å². The third kappa shape index (κ3) is 3.96. The van der Waals surface area contributed by atoms with Crippen LogP contribution in [0.4, 0.5) is 5.69 Å². The number of aliphatic hydroxyl groups excluding tert-OH is 1. The Kier molecular flexibility index (Phi) is 5.61. The zero-order chi connectivity index (χ0) is 15.4. The predicted octanol–water partition coefficient (Wildman–Crippen LogP) is 1.67. The average molecular weight is 357 g/mol.